The van der Waals surface area contributed by atoms with Crippen LogP contribution in [0.1, 0.15) is 5.56 Å². The summed E-state index contributed by atoms with van der Waals surface area (Å²) in [4.78, 5) is -0.360. The number of hydrogen-bond donors (Lipinski definition) is 1. The summed E-state index contributed by atoms with van der Waals surface area (Å²) in [6.45, 7) is 0. The molecule has 7 heteroatoms. The van der Waals surface area contributed by atoms with Crippen LogP contribution < -0.4 is 4.72 Å². The topological polar surface area (TPSA) is 46.2 Å². The Balaban J connectivity index is 2.38. The van der Waals surface area contributed by atoms with E-state index in [2.05, 4.69) is 4.72 Å². The third kappa shape index (κ3) is 3.08. The molecule has 0 aliphatic carbocycles. The predicted molar refractivity (Wildman–Crippen MR) is 73.2 cm³/mol. The zero-order valence-corrected chi connectivity index (χ0v) is 11.7. The minimum atomic E-state index is -4.00. The molecule has 0 aliphatic heterocycles. The van der Waals surface area contributed by atoms with Crippen molar-refractivity contribution in [1.82, 2.24) is 0 Å². The zero-order valence-electron chi connectivity index (χ0n) is 10.1. The van der Waals surface area contributed by atoms with Crippen LogP contribution >= 0.6 is 11.6 Å². The van der Waals surface area contributed by atoms with Crippen LogP contribution in [0.15, 0.2) is 47.4 Å². The molecular weight excluding hydrogens is 308 g/mol. The van der Waals surface area contributed by atoms with E-state index in [1.165, 1.54) is 6.07 Å². The smallest absolute Gasteiger partial charge is 0.262 e. The third-order valence-electron chi connectivity index (χ3n) is 2.61. The Labute approximate surface area is 120 Å². The molecule has 0 saturated carbocycles. The van der Waals surface area contributed by atoms with E-state index in [9.17, 15) is 17.2 Å². The molecule has 0 unspecified atom stereocenters. The molecule has 0 atom stereocenters. The lowest BCUT2D eigenvalue weighted by molar-refractivity contribution is 0.504. The maximum absolute atomic E-state index is 13.1. The number of sulfonamides is 1. The average molecular weight is 318 g/mol. The van der Waals surface area contributed by atoms with E-state index in [4.69, 9.17) is 11.6 Å². The van der Waals surface area contributed by atoms with Gasteiger partial charge in [-0.05, 0) is 29.8 Å². The van der Waals surface area contributed by atoms with Gasteiger partial charge in [0.25, 0.3) is 10.0 Å². The first-order valence-electron chi connectivity index (χ1n) is 5.56. The number of nitrogens with one attached hydrogen (secondary N) is 1. The minimum absolute atomic E-state index is 0.122. The summed E-state index contributed by atoms with van der Waals surface area (Å²) in [6, 6.07) is 8.93. The Morgan fingerprint density at radius 3 is 2.40 bits per heavy atom. The molecule has 3 nitrogen and oxygen atoms in total. The molecule has 2 rings (SSSR count). The summed E-state index contributed by atoms with van der Waals surface area (Å²) in [5.74, 6) is -2.21. The SMILES string of the molecule is O=S(=O)(Nc1ccccc1CCl)c1ccc(F)c(F)c1. The van der Waals surface area contributed by atoms with Crippen LogP contribution in [0.5, 0.6) is 0 Å². The molecule has 2 aromatic carbocycles. The third-order valence-corrected chi connectivity index (χ3v) is 4.26. The van der Waals surface area contributed by atoms with Crippen molar-refractivity contribution in [2.45, 2.75) is 10.8 Å². The highest BCUT2D eigenvalue weighted by Gasteiger charge is 2.17. The van der Waals surface area contributed by atoms with Gasteiger partial charge in [0, 0.05) is 5.88 Å². The summed E-state index contributed by atoms with van der Waals surface area (Å²) in [5, 5.41) is 0. The van der Waals surface area contributed by atoms with E-state index in [-0.39, 0.29) is 10.8 Å². The second-order valence-electron chi connectivity index (χ2n) is 3.97. The molecule has 0 radical (unpaired) electrons. The standard InChI is InChI=1S/C13H10ClF2NO2S/c14-8-9-3-1-2-4-13(9)17-20(18,19)10-5-6-11(15)12(16)7-10/h1-7,17H,8H2. The van der Waals surface area contributed by atoms with E-state index >= 15 is 0 Å². The Morgan fingerprint density at radius 1 is 1.05 bits per heavy atom. The number of hydrogen-bond acceptors (Lipinski definition) is 2. The van der Waals surface area contributed by atoms with Crippen LogP contribution in [-0.4, -0.2) is 8.42 Å². The number of benzene rings is 2. The van der Waals surface area contributed by atoms with Crippen molar-refractivity contribution in [3.8, 4) is 0 Å². The number of alkyl halides is 1. The molecule has 0 aromatic heterocycles. The molecular formula is C13H10ClF2NO2S. The Kier molecular flexibility index (Phi) is 4.25. The normalized spacial score (nSPS) is 11.3. The van der Waals surface area contributed by atoms with Crippen LogP contribution in [0, 0.1) is 11.6 Å². The number of para-hydroxylation sites is 1. The fourth-order valence-electron chi connectivity index (χ4n) is 1.58. The van der Waals surface area contributed by atoms with Crippen LogP contribution in [0.3, 0.4) is 0 Å². The molecule has 0 heterocycles. The molecule has 2 aromatic rings. The van der Waals surface area contributed by atoms with Crippen molar-refractivity contribution in [3.05, 3.63) is 59.7 Å². The summed E-state index contributed by atoms with van der Waals surface area (Å²) in [5.41, 5.74) is 0.882. The molecule has 0 saturated heterocycles. The molecule has 1 N–H and O–H groups in total. The molecule has 20 heavy (non-hydrogen) atoms. The summed E-state index contributed by atoms with van der Waals surface area (Å²) in [7, 11) is -4.00. The molecule has 0 fully saturated rings. The lowest BCUT2D eigenvalue weighted by atomic mass is 10.2. The lowest BCUT2D eigenvalue weighted by Gasteiger charge is -2.11. The van der Waals surface area contributed by atoms with Gasteiger partial charge < -0.3 is 0 Å². The molecule has 0 amide bonds. The summed E-state index contributed by atoms with van der Waals surface area (Å²) >= 11 is 5.71. The number of anilines is 1. The Morgan fingerprint density at radius 2 is 1.75 bits per heavy atom. The largest absolute Gasteiger partial charge is 0.279 e. The number of halogens is 3. The van der Waals surface area contributed by atoms with E-state index in [0.29, 0.717) is 17.3 Å². The first kappa shape index (κ1) is 14.7. The van der Waals surface area contributed by atoms with E-state index in [1.54, 1.807) is 18.2 Å². The minimum Gasteiger partial charge on any atom is -0.279 e. The van der Waals surface area contributed by atoms with Gasteiger partial charge in [0.1, 0.15) is 0 Å². The second-order valence-corrected chi connectivity index (χ2v) is 5.92. The molecule has 0 spiro atoms. The molecule has 0 aliphatic rings. The van der Waals surface area contributed by atoms with Crippen molar-refractivity contribution < 1.29 is 17.2 Å². The van der Waals surface area contributed by atoms with Gasteiger partial charge in [-0.25, -0.2) is 17.2 Å². The van der Waals surface area contributed by atoms with E-state index < -0.39 is 21.7 Å². The average Bonchev–Trinajstić information content (AvgIpc) is 2.42. The van der Waals surface area contributed by atoms with Crippen LogP contribution in [0.25, 0.3) is 0 Å². The monoisotopic (exact) mass is 317 g/mol. The van der Waals surface area contributed by atoms with Crippen molar-refractivity contribution in [2.24, 2.45) is 0 Å². The van der Waals surface area contributed by atoms with E-state index in [0.717, 1.165) is 12.1 Å². The van der Waals surface area contributed by atoms with Crippen molar-refractivity contribution >= 4 is 27.3 Å². The molecule has 0 bridgehead atoms. The first-order valence-corrected chi connectivity index (χ1v) is 7.57. The van der Waals surface area contributed by atoms with Crippen LogP contribution in [0.4, 0.5) is 14.5 Å². The highest BCUT2D eigenvalue weighted by atomic mass is 35.5. The van der Waals surface area contributed by atoms with Gasteiger partial charge in [0.15, 0.2) is 11.6 Å². The van der Waals surface area contributed by atoms with Gasteiger partial charge >= 0.3 is 0 Å². The summed E-state index contributed by atoms with van der Waals surface area (Å²) < 4.78 is 52.4. The fourth-order valence-corrected chi connectivity index (χ4v) is 2.93. The first-order chi connectivity index (χ1) is 9.44. The highest BCUT2D eigenvalue weighted by molar-refractivity contribution is 7.92. The Bertz CT molecular complexity index is 735. The fraction of sp³-hybridized carbons (Fsp3) is 0.0769. The van der Waals surface area contributed by atoms with Gasteiger partial charge in [-0.3, -0.25) is 4.72 Å². The van der Waals surface area contributed by atoms with Crippen molar-refractivity contribution in [1.29, 1.82) is 0 Å². The molecule has 106 valence electrons. The lowest BCUT2D eigenvalue weighted by Crippen LogP contribution is -2.14. The maximum atomic E-state index is 13.1. The second kappa shape index (κ2) is 5.76. The Hall–Kier alpha value is -1.66. The van der Waals surface area contributed by atoms with Gasteiger partial charge in [0.05, 0.1) is 10.6 Å². The van der Waals surface area contributed by atoms with E-state index in [1.807, 2.05) is 0 Å². The summed E-state index contributed by atoms with van der Waals surface area (Å²) in [6.07, 6.45) is 0. The zero-order chi connectivity index (χ0) is 14.8. The van der Waals surface area contributed by atoms with Crippen LogP contribution in [0.2, 0.25) is 0 Å². The van der Waals surface area contributed by atoms with Crippen molar-refractivity contribution in [2.75, 3.05) is 4.72 Å². The number of rotatable bonds is 4. The quantitative estimate of drug-likeness (QED) is 0.877. The van der Waals surface area contributed by atoms with Crippen LogP contribution in [-0.2, 0) is 15.9 Å². The van der Waals surface area contributed by atoms with Gasteiger partial charge in [-0.15, -0.1) is 11.6 Å². The maximum Gasteiger partial charge on any atom is 0.262 e. The van der Waals surface area contributed by atoms with Gasteiger partial charge in [0.2, 0.25) is 0 Å². The van der Waals surface area contributed by atoms with Gasteiger partial charge in [-0.2, -0.15) is 0 Å². The predicted octanol–water partition coefficient (Wildman–Crippen LogP) is 3.50. The van der Waals surface area contributed by atoms with Crippen molar-refractivity contribution in [3.63, 3.8) is 0 Å². The van der Waals surface area contributed by atoms with Gasteiger partial charge in [-0.1, -0.05) is 18.2 Å². The highest BCUT2D eigenvalue weighted by Crippen LogP contribution is 2.22.